The lowest BCUT2D eigenvalue weighted by atomic mass is 10.1. The number of hydrogen-bond acceptors (Lipinski definition) is 5. The summed E-state index contributed by atoms with van der Waals surface area (Å²) in [5, 5.41) is 9.09. The van der Waals surface area contributed by atoms with E-state index in [-0.39, 0.29) is 28.7 Å². The van der Waals surface area contributed by atoms with Gasteiger partial charge in [0, 0.05) is 22.7 Å². The third kappa shape index (κ3) is 5.97. The number of nitrogens with one attached hydrogen (secondary N) is 2. The maximum absolute atomic E-state index is 13.3. The van der Waals surface area contributed by atoms with E-state index in [4.69, 9.17) is 28.5 Å². The molecular formula is C24H24ClN5O4S. The van der Waals surface area contributed by atoms with Crippen LogP contribution in [-0.4, -0.2) is 26.2 Å². The summed E-state index contributed by atoms with van der Waals surface area (Å²) in [6.45, 7) is 1.60. The predicted octanol–water partition coefficient (Wildman–Crippen LogP) is 3.53. The van der Waals surface area contributed by atoms with Crippen LogP contribution in [0.4, 0.5) is 10.5 Å². The Labute approximate surface area is 208 Å². The fraction of sp³-hybridized carbons (Fsp3) is 0.125. The highest BCUT2D eigenvalue weighted by atomic mass is 35.5. The van der Waals surface area contributed by atoms with Gasteiger partial charge in [0.15, 0.2) is 0 Å². The van der Waals surface area contributed by atoms with Crippen LogP contribution in [0, 0.1) is 5.41 Å². The molecule has 0 saturated carbocycles. The van der Waals surface area contributed by atoms with Gasteiger partial charge >= 0.3 is 6.03 Å². The molecule has 6 N–H and O–H groups in total. The van der Waals surface area contributed by atoms with Crippen molar-refractivity contribution >= 4 is 45.1 Å². The highest BCUT2D eigenvalue weighted by Gasteiger charge is 2.34. The summed E-state index contributed by atoms with van der Waals surface area (Å²) in [4.78, 5) is 25.0. The van der Waals surface area contributed by atoms with E-state index < -0.39 is 27.2 Å². The number of rotatable bonds is 8. The lowest BCUT2D eigenvalue weighted by Gasteiger charge is -2.25. The molecule has 0 aliphatic carbocycles. The average Bonchev–Trinajstić information content (AvgIpc) is 2.82. The van der Waals surface area contributed by atoms with Gasteiger partial charge in [-0.25, -0.2) is 13.2 Å². The van der Waals surface area contributed by atoms with Gasteiger partial charge in [0.1, 0.15) is 11.1 Å². The number of carbonyl (C=O) groups is 2. The highest BCUT2D eigenvalue weighted by Crippen LogP contribution is 2.31. The number of nitrogen functional groups attached to an aromatic ring is 1. The van der Waals surface area contributed by atoms with E-state index >= 15 is 0 Å². The molecule has 3 amide bonds. The first-order valence-corrected chi connectivity index (χ1v) is 12.3. The molecular weight excluding hydrogens is 490 g/mol. The van der Waals surface area contributed by atoms with Crippen molar-refractivity contribution in [2.24, 2.45) is 11.5 Å². The maximum Gasteiger partial charge on any atom is 0.333 e. The lowest BCUT2D eigenvalue weighted by molar-refractivity contribution is 0.0951. The average molecular weight is 514 g/mol. The summed E-state index contributed by atoms with van der Waals surface area (Å²) in [6.07, 6.45) is 0. The highest BCUT2D eigenvalue weighted by molar-refractivity contribution is 7.93. The summed E-state index contributed by atoms with van der Waals surface area (Å²) in [5.74, 6) is -0.607. The van der Waals surface area contributed by atoms with E-state index in [1.807, 2.05) is 0 Å². The summed E-state index contributed by atoms with van der Waals surface area (Å²) in [5.41, 5.74) is 12.6. The molecule has 0 bridgehead atoms. The van der Waals surface area contributed by atoms with E-state index in [9.17, 15) is 18.0 Å². The number of carbonyl (C=O) groups excluding carboxylic acids is 2. The van der Waals surface area contributed by atoms with Gasteiger partial charge < -0.3 is 16.8 Å². The van der Waals surface area contributed by atoms with Crippen LogP contribution in [0.15, 0.2) is 72.8 Å². The molecule has 0 aromatic heterocycles. The number of amides is 3. The monoisotopic (exact) mass is 513 g/mol. The fourth-order valence-electron chi connectivity index (χ4n) is 3.36. The largest absolute Gasteiger partial charge is 0.384 e. The molecule has 0 heterocycles. The Bertz CT molecular complexity index is 1360. The number of urea groups is 1. The Morgan fingerprint density at radius 3 is 2.20 bits per heavy atom. The molecule has 0 radical (unpaired) electrons. The molecule has 0 spiro atoms. The van der Waals surface area contributed by atoms with Crippen LogP contribution in [0.3, 0.4) is 0 Å². The molecule has 11 heteroatoms. The molecule has 182 valence electrons. The number of nitrogens with zero attached hydrogens (tertiary/aromatic N) is 1. The molecule has 0 fully saturated rings. The summed E-state index contributed by atoms with van der Waals surface area (Å²) in [6, 6.07) is 17.7. The molecule has 3 rings (SSSR count). The van der Waals surface area contributed by atoms with Crippen molar-refractivity contribution in [3.8, 4) is 0 Å². The van der Waals surface area contributed by atoms with Gasteiger partial charge in [-0.2, -0.15) is 4.31 Å². The standard InChI is InChI=1S/C24H24ClN5O4S/c1-15(17-5-3-2-4-6-17)35(33,34)30(24(28)32)21-12-19(11-20(25)13-21)23(31)29-14-16-7-9-18(10-8-16)22(26)27/h2-13,15H,14H2,1H3,(H3,26,27)(H2,28,32)(H,29,31). The second-order valence-electron chi connectivity index (χ2n) is 7.69. The van der Waals surface area contributed by atoms with Crippen LogP contribution >= 0.6 is 11.6 Å². The van der Waals surface area contributed by atoms with Crippen molar-refractivity contribution < 1.29 is 18.0 Å². The smallest absolute Gasteiger partial charge is 0.333 e. The van der Waals surface area contributed by atoms with Gasteiger partial charge in [-0.3, -0.25) is 10.2 Å². The molecule has 1 atom stereocenters. The summed E-state index contributed by atoms with van der Waals surface area (Å²) < 4.78 is 27.1. The van der Waals surface area contributed by atoms with Gasteiger partial charge in [-0.1, -0.05) is 66.2 Å². The lowest BCUT2D eigenvalue weighted by Crippen LogP contribution is -2.42. The number of halogens is 1. The predicted molar refractivity (Wildman–Crippen MR) is 136 cm³/mol. The Kier molecular flexibility index (Phi) is 7.78. The molecule has 0 aliphatic heterocycles. The van der Waals surface area contributed by atoms with Gasteiger partial charge in [0.2, 0.25) is 10.0 Å². The van der Waals surface area contributed by atoms with Gasteiger partial charge in [0.05, 0.1) is 5.69 Å². The Hall–Kier alpha value is -3.89. The number of sulfonamides is 1. The molecule has 0 aliphatic rings. The third-order valence-electron chi connectivity index (χ3n) is 5.27. The molecule has 3 aromatic carbocycles. The minimum atomic E-state index is -4.29. The van der Waals surface area contributed by atoms with E-state index in [2.05, 4.69) is 5.32 Å². The van der Waals surface area contributed by atoms with Crippen LogP contribution in [0.25, 0.3) is 0 Å². The van der Waals surface area contributed by atoms with Crippen LogP contribution in [0.5, 0.6) is 0 Å². The zero-order valence-electron chi connectivity index (χ0n) is 18.7. The molecule has 35 heavy (non-hydrogen) atoms. The topological polar surface area (TPSA) is 159 Å². The van der Waals surface area contributed by atoms with E-state index in [1.165, 1.54) is 25.1 Å². The number of benzene rings is 3. The molecule has 0 saturated heterocycles. The van der Waals surface area contributed by atoms with Crippen molar-refractivity contribution in [1.29, 1.82) is 5.41 Å². The fourth-order valence-corrected chi connectivity index (χ4v) is 5.06. The SMILES string of the molecule is CC(c1ccccc1)S(=O)(=O)N(C(N)=O)c1cc(Cl)cc(C(=O)NCc2ccc(C(=N)N)cc2)c1. The first kappa shape index (κ1) is 25.7. The minimum absolute atomic E-state index is 0.0432. The van der Waals surface area contributed by atoms with Crippen molar-refractivity contribution in [3.05, 3.63) is 100 Å². The number of amidine groups is 1. The van der Waals surface area contributed by atoms with Crippen molar-refractivity contribution in [1.82, 2.24) is 5.32 Å². The Balaban J connectivity index is 1.87. The normalized spacial score (nSPS) is 11.9. The van der Waals surface area contributed by atoms with Crippen molar-refractivity contribution in [2.75, 3.05) is 4.31 Å². The minimum Gasteiger partial charge on any atom is -0.384 e. The van der Waals surface area contributed by atoms with Crippen molar-refractivity contribution in [2.45, 2.75) is 18.7 Å². The van der Waals surface area contributed by atoms with Crippen LogP contribution in [-0.2, 0) is 16.6 Å². The van der Waals surface area contributed by atoms with E-state index in [0.717, 1.165) is 5.56 Å². The van der Waals surface area contributed by atoms with E-state index in [0.29, 0.717) is 15.4 Å². The third-order valence-corrected chi connectivity index (χ3v) is 7.55. The first-order valence-electron chi connectivity index (χ1n) is 10.4. The Morgan fingerprint density at radius 1 is 1.00 bits per heavy atom. The quantitative estimate of drug-likeness (QED) is 0.267. The number of anilines is 1. The second-order valence-corrected chi connectivity index (χ2v) is 10.2. The first-order chi connectivity index (χ1) is 16.5. The summed E-state index contributed by atoms with van der Waals surface area (Å²) >= 11 is 6.17. The van der Waals surface area contributed by atoms with Crippen LogP contribution in [0.1, 0.15) is 39.2 Å². The van der Waals surface area contributed by atoms with Crippen LogP contribution in [0.2, 0.25) is 5.02 Å². The summed E-state index contributed by atoms with van der Waals surface area (Å²) in [7, 11) is -4.29. The van der Waals surface area contributed by atoms with Crippen LogP contribution < -0.4 is 21.1 Å². The number of hydrogen-bond donors (Lipinski definition) is 4. The zero-order valence-corrected chi connectivity index (χ0v) is 20.3. The van der Waals surface area contributed by atoms with Crippen molar-refractivity contribution in [3.63, 3.8) is 0 Å². The zero-order chi connectivity index (χ0) is 25.8. The van der Waals surface area contributed by atoms with Gasteiger partial charge in [0.25, 0.3) is 5.91 Å². The second kappa shape index (κ2) is 10.6. The van der Waals surface area contributed by atoms with Gasteiger partial charge in [-0.05, 0) is 36.2 Å². The van der Waals surface area contributed by atoms with Gasteiger partial charge in [-0.15, -0.1) is 0 Å². The van der Waals surface area contributed by atoms with E-state index in [1.54, 1.807) is 54.6 Å². The maximum atomic E-state index is 13.3. The molecule has 3 aromatic rings. The Morgan fingerprint density at radius 2 is 1.63 bits per heavy atom. The molecule has 1 unspecified atom stereocenters. The number of primary amides is 1. The molecule has 9 nitrogen and oxygen atoms in total. The number of nitrogens with two attached hydrogens (primary N) is 2.